The van der Waals surface area contributed by atoms with Gasteiger partial charge in [-0.05, 0) is 41.2 Å². The van der Waals surface area contributed by atoms with Gasteiger partial charge < -0.3 is 18.6 Å². The van der Waals surface area contributed by atoms with Crippen LogP contribution in [0.1, 0.15) is 41.9 Å². The van der Waals surface area contributed by atoms with Gasteiger partial charge in [0, 0.05) is 12.6 Å². The van der Waals surface area contributed by atoms with Crippen molar-refractivity contribution in [2.45, 2.75) is 32.1 Å². The second-order valence-corrected chi connectivity index (χ2v) is 7.35. The molecule has 0 atom stereocenters. The number of amides is 1. The van der Waals surface area contributed by atoms with Gasteiger partial charge in [-0.1, -0.05) is 13.8 Å². The number of esters is 1. The number of methoxy groups -OCH3 is 3. The number of anilines is 1. The Hall–Kier alpha value is -2.96. The highest BCUT2D eigenvalue weighted by Gasteiger charge is 2.33. The maximum atomic E-state index is 13.0. The monoisotopic (exact) mass is 387 g/mol. The smallest absolute Gasteiger partial charge is 0.374 e. The van der Waals surface area contributed by atoms with Crippen LogP contribution in [0.4, 0.5) is 5.88 Å². The highest BCUT2D eigenvalue weighted by atomic mass is 16.5. The first-order chi connectivity index (χ1) is 13.3. The summed E-state index contributed by atoms with van der Waals surface area (Å²) in [4.78, 5) is 26.3. The molecule has 150 valence electrons. The molecule has 0 saturated carbocycles. The van der Waals surface area contributed by atoms with E-state index < -0.39 is 5.97 Å². The van der Waals surface area contributed by atoms with Crippen molar-refractivity contribution in [3.63, 3.8) is 0 Å². The minimum atomic E-state index is -0.576. The van der Waals surface area contributed by atoms with Gasteiger partial charge in [-0.15, -0.1) is 0 Å². The van der Waals surface area contributed by atoms with Gasteiger partial charge in [0.2, 0.25) is 17.6 Å². The van der Waals surface area contributed by atoms with Gasteiger partial charge >= 0.3 is 5.97 Å². The number of carbonyl (C=O) groups excluding carboxylic acids is 2. The van der Waals surface area contributed by atoms with Crippen molar-refractivity contribution >= 4 is 17.8 Å². The van der Waals surface area contributed by atoms with Crippen LogP contribution in [0.3, 0.4) is 0 Å². The zero-order valence-corrected chi connectivity index (χ0v) is 16.8. The molecule has 1 aromatic heterocycles. The number of nitrogens with zero attached hydrogens (tertiary/aromatic N) is 1. The number of benzene rings is 1. The number of carbonyl (C=O) groups is 2. The molecule has 1 aliphatic heterocycles. The normalized spacial score (nSPS) is 16.0. The van der Waals surface area contributed by atoms with Gasteiger partial charge in [-0.25, -0.2) is 4.79 Å². The largest absolute Gasteiger partial charge is 0.493 e. The Balaban J connectivity index is 2.00. The highest BCUT2D eigenvalue weighted by Crippen LogP contribution is 2.40. The summed E-state index contributed by atoms with van der Waals surface area (Å²) in [7, 11) is 4.46. The average molecular weight is 387 g/mol. The van der Waals surface area contributed by atoms with Crippen LogP contribution in [0.25, 0.3) is 0 Å². The Morgan fingerprint density at radius 3 is 2.43 bits per heavy atom. The Morgan fingerprint density at radius 1 is 1.11 bits per heavy atom. The standard InChI is InChI=1S/C21H25NO6/c1-21(2)8-9-22(19-7-6-15(28-19)20(24)27-5)18(23)11-13-10-16(25-3)17(26-4)12-14(13)21/h6-7,10,12H,8-9,11H2,1-5H3. The lowest BCUT2D eigenvalue weighted by Gasteiger charge is -2.34. The second kappa shape index (κ2) is 7.58. The third-order valence-corrected chi connectivity index (χ3v) is 5.19. The number of hydrogen-bond donors (Lipinski definition) is 0. The van der Waals surface area contributed by atoms with Gasteiger partial charge in [-0.3, -0.25) is 9.69 Å². The summed E-state index contributed by atoms with van der Waals surface area (Å²) in [5.74, 6) is 0.947. The van der Waals surface area contributed by atoms with Gasteiger partial charge in [0.1, 0.15) is 0 Å². The van der Waals surface area contributed by atoms with E-state index in [-0.39, 0.29) is 23.5 Å². The Kier molecular flexibility index (Phi) is 5.36. The summed E-state index contributed by atoms with van der Waals surface area (Å²) in [6.45, 7) is 4.73. The molecule has 1 aromatic carbocycles. The molecule has 0 saturated heterocycles. The SMILES string of the molecule is COC(=O)c1ccc(N2CCC(C)(C)c3cc(OC)c(OC)cc3CC2=O)o1. The maximum Gasteiger partial charge on any atom is 0.374 e. The van der Waals surface area contributed by atoms with Crippen LogP contribution in [0.5, 0.6) is 11.5 Å². The van der Waals surface area contributed by atoms with Gasteiger partial charge in [0.25, 0.3) is 0 Å². The first kappa shape index (κ1) is 19.8. The first-order valence-corrected chi connectivity index (χ1v) is 9.04. The summed E-state index contributed by atoms with van der Waals surface area (Å²) < 4.78 is 21.1. The maximum absolute atomic E-state index is 13.0. The van der Waals surface area contributed by atoms with Crippen LogP contribution in [-0.2, 0) is 21.4 Å². The van der Waals surface area contributed by atoms with Crippen molar-refractivity contribution in [2.24, 2.45) is 0 Å². The molecule has 1 amide bonds. The third-order valence-electron chi connectivity index (χ3n) is 5.19. The van der Waals surface area contributed by atoms with E-state index in [0.29, 0.717) is 30.3 Å². The van der Waals surface area contributed by atoms with Crippen molar-refractivity contribution in [3.05, 3.63) is 41.2 Å². The molecule has 0 N–H and O–H groups in total. The summed E-state index contributed by atoms with van der Waals surface area (Å²) >= 11 is 0. The highest BCUT2D eigenvalue weighted by molar-refractivity contribution is 5.95. The molecule has 0 aliphatic carbocycles. The molecule has 7 heteroatoms. The molecular weight excluding hydrogens is 362 g/mol. The molecule has 7 nitrogen and oxygen atoms in total. The molecule has 2 aromatic rings. The third kappa shape index (κ3) is 3.56. The molecule has 0 fully saturated rings. The Morgan fingerprint density at radius 2 is 1.79 bits per heavy atom. The van der Waals surface area contributed by atoms with Gasteiger partial charge in [0.05, 0.1) is 27.8 Å². The summed E-state index contributed by atoms with van der Waals surface area (Å²) in [6, 6.07) is 6.95. The van der Waals surface area contributed by atoms with E-state index in [9.17, 15) is 9.59 Å². The predicted molar refractivity (Wildman–Crippen MR) is 103 cm³/mol. The molecule has 2 heterocycles. The van der Waals surface area contributed by atoms with Crippen molar-refractivity contribution < 1.29 is 28.2 Å². The van der Waals surface area contributed by atoms with E-state index in [2.05, 4.69) is 18.6 Å². The van der Waals surface area contributed by atoms with E-state index in [1.54, 1.807) is 25.2 Å². The summed E-state index contributed by atoms with van der Waals surface area (Å²) in [6.07, 6.45) is 0.892. The minimum Gasteiger partial charge on any atom is -0.493 e. The van der Waals surface area contributed by atoms with Crippen LogP contribution in [0, 0.1) is 0 Å². The van der Waals surface area contributed by atoms with Crippen molar-refractivity contribution in [1.29, 1.82) is 0 Å². The van der Waals surface area contributed by atoms with Crippen LogP contribution < -0.4 is 14.4 Å². The summed E-state index contributed by atoms with van der Waals surface area (Å²) in [5.41, 5.74) is 1.75. The summed E-state index contributed by atoms with van der Waals surface area (Å²) in [5, 5.41) is 0. The Bertz CT molecular complexity index is 898. The fourth-order valence-corrected chi connectivity index (χ4v) is 3.52. The number of furan rings is 1. The van der Waals surface area contributed by atoms with Crippen LogP contribution >= 0.6 is 0 Å². The second-order valence-electron chi connectivity index (χ2n) is 7.35. The zero-order valence-electron chi connectivity index (χ0n) is 16.8. The average Bonchev–Trinajstić information content (AvgIpc) is 3.15. The number of hydrogen-bond acceptors (Lipinski definition) is 6. The van der Waals surface area contributed by atoms with Gasteiger partial charge in [-0.2, -0.15) is 0 Å². The van der Waals surface area contributed by atoms with Crippen molar-refractivity contribution in [3.8, 4) is 11.5 Å². The van der Waals surface area contributed by atoms with E-state index in [1.165, 1.54) is 13.2 Å². The topological polar surface area (TPSA) is 78.2 Å². The molecule has 3 rings (SSSR count). The molecule has 0 radical (unpaired) electrons. The Labute approximate surface area is 164 Å². The minimum absolute atomic E-state index is 0.0680. The molecule has 1 aliphatic rings. The van der Waals surface area contributed by atoms with Crippen molar-refractivity contribution in [2.75, 3.05) is 32.8 Å². The van der Waals surface area contributed by atoms with E-state index >= 15 is 0 Å². The molecule has 0 bridgehead atoms. The van der Waals surface area contributed by atoms with E-state index in [0.717, 1.165) is 11.1 Å². The number of fused-ring (bicyclic) bond motifs is 1. The molecular formula is C21H25NO6. The van der Waals surface area contributed by atoms with Gasteiger partial charge in [0.15, 0.2) is 11.5 Å². The predicted octanol–water partition coefficient (Wildman–Crippen LogP) is 3.34. The molecule has 0 spiro atoms. The molecule has 0 unspecified atom stereocenters. The lowest BCUT2D eigenvalue weighted by molar-refractivity contribution is -0.118. The lowest BCUT2D eigenvalue weighted by atomic mass is 9.77. The van der Waals surface area contributed by atoms with Crippen LogP contribution in [0.15, 0.2) is 28.7 Å². The number of rotatable bonds is 4. The first-order valence-electron chi connectivity index (χ1n) is 9.04. The fourth-order valence-electron chi connectivity index (χ4n) is 3.52. The fraction of sp³-hybridized carbons (Fsp3) is 0.429. The van der Waals surface area contributed by atoms with E-state index in [1.807, 2.05) is 12.1 Å². The lowest BCUT2D eigenvalue weighted by Crippen LogP contribution is -2.39. The van der Waals surface area contributed by atoms with Crippen LogP contribution in [0.2, 0.25) is 0 Å². The van der Waals surface area contributed by atoms with E-state index in [4.69, 9.17) is 13.9 Å². The number of ether oxygens (including phenoxy) is 3. The molecule has 28 heavy (non-hydrogen) atoms. The van der Waals surface area contributed by atoms with Crippen molar-refractivity contribution in [1.82, 2.24) is 0 Å². The van der Waals surface area contributed by atoms with Crippen LogP contribution in [-0.4, -0.2) is 39.8 Å². The zero-order chi connectivity index (χ0) is 20.5. The quantitative estimate of drug-likeness (QED) is 0.749.